The molecular weight excluding hydrogens is 186 g/mol. The molecule has 0 saturated carbocycles. The number of rotatable bonds is 1. The molecule has 0 radical (unpaired) electrons. The van der Waals surface area contributed by atoms with Crippen LogP contribution in [0, 0.1) is 6.92 Å². The average Bonchev–Trinajstić information content (AvgIpc) is 2.16. The van der Waals surface area contributed by atoms with Crippen LogP contribution in [0.25, 0.3) is 10.9 Å². The average molecular weight is 201 g/mol. The Morgan fingerprint density at radius 3 is 2.60 bits per heavy atom. The first-order chi connectivity index (χ1) is 7.08. The molecule has 2 aromatic rings. The van der Waals surface area contributed by atoms with Crippen LogP contribution in [0.5, 0.6) is 0 Å². The van der Waals surface area contributed by atoms with Gasteiger partial charge in [-0.05, 0) is 30.5 Å². The summed E-state index contributed by atoms with van der Waals surface area (Å²) >= 11 is 0. The topological polar surface area (TPSA) is 32.9 Å². The molecule has 0 atom stereocenters. The van der Waals surface area contributed by atoms with Gasteiger partial charge < -0.3 is 4.98 Å². The minimum Gasteiger partial charge on any atom is -0.358 e. The minimum absolute atomic E-state index is 0.104. The molecule has 2 rings (SSSR count). The van der Waals surface area contributed by atoms with Crippen LogP contribution >= 0.6 is 0 Å². The molecule has 0 bridgehead atoms. The first-order valence-electron chi connectivity index (χ1n) is 5.21. The normalized spacial score (nSPS) is 11.2. The Morgan fingerprint density at radius 2 is 1.93 bits per heavy atom. The highest BCUT2D eigenvalue weighted by Crippen LogP contribution is 2.15. The molecule has 1 aromatic heterocycles. The lowest BCUT2D eigenvalue weighted by molar-refractivity contribution is 0.828. The maximum atomic E-state index is 11.8. The maximum Gasteiger partial charge on any atom is 0.189 e. The van der Waals surface area contributed by atoms with Gasteiger partial charge in [-0.2, -0.15) is 0 Å². The molecule has 0 amide bonds. The zero-order valence-electron chi connectivity index (χ0n) is 9.29. The second-order valence-corrected chi connectivity index (χ2v) is 4.29. The Morgan fingerprint density at radius 1 is 1.20 bits per heavy atom. The zero-order chi connectivity index (χ0) is 11.0. The molecule has 0 fully saturated rings. The van der Waals surface area contributed by atoms with Gasteiger partial charge in [0.05, 0.1) is 0 Å². The molecule has 0 unspecified atom stereocenters. The van der Waals surface area contributed by atoms with Crippen molar-refractivity contribution in [1.29, 1.82) is 0 Å². The van der Waals surface area contributed by atoms with Crippen molar-refractivity contribution >= 4 is 10.9 Å². The van der Waals surface area contributed by atoms with Crippen molar-refractivity contribution < 1.29 is 0 Å². The molecule has 2 nitrogen and oxygen atoms in total. The highest BCUT2D eigenvalue weighted by atomic mass is 16.1. The van der Waals surface area contributed by atoms with Crippen molar-refractivity contribution in [2.45, 2.75) is 26.7 Å². The van der Waals surface area contributed by atoms with Crippen molar-refractivity contribution in [2.24, 2.45) is 0 Å². The van der Waals surface area contributed by atoms with E-state index in [4.69, 9.17) is 0 Å². The summed E-state index contributed by atoms with van der Waals surface area (Å²) in [5, 5.41) is 0.769. The largest absolute Gasteiger partial charge is 0.358 e. The number of benzene rings is 1. The molecular formula is C13H15NO. The summed E-state index contributed by atoms with van der Waals surface area (Å²) in [6, 6.07) is 7.56. The molecule has 78 valence electrons. The highest BCUT2D eigenvalue weighted by Gasteiger charge is 2.04. The van der Waals surface area contributed by atoms with Crippen molar-refractivity contribution in [2.75, 3.05) is 0 Å². The van der Waals surface area contributed by atoms with E-state index in [1.807, 2.05) is 25.1 Å². The minimum atomic E-state index is 0.104. The van der Waals surface area contributed by atoms with E-state index in [1.165, 1.54) is 5.56 Å². The number of aryl methyl sites for hydroxylation is 1. The molecule has 0 spiro atoms. The third-order valence-electron chi connectivity index (χ3n) is 2.63. The number of aromatic nitrogens is 1. The summed E-state index contributed by atoms with van der Waals surface area (Å²) in [4.78, 5) is 15.1. The van der Waals surface area contributed by atoms with Gasteiger partial charge in [-0.15, -0.1) is 0 Å². The number of pyridine rings is 1. The van der Waals surface area contributed by atoms with Gasteiger partial charge >= 0.3 is 0 Å². The van der Waals surface area contributed by atoms with Crippen LogP contribution in [0.15, 0.2) is 29.1 Å². The van der Waals surface area contributed by atoms with E-state index < -0.39 is 0 Å². The van der Waals surface area contributed by atoms with E-state index in [9.17, 15) is 4.79 Å². The summed E-state index contributed by atoms with van der Waals surface area (Å²) in [5.41, 5.74) is 3.20. The molecule has 0 saturated heterocycles. The van der Waals surface area contributed by atoms with Crippen LogP contribution in [0.4, 0.5) is 0 Å². The summed E-state index contributed by atoms with van der Waals surface area (Å²) < 4.78 is 0. The maximum absolute atomic E-state index is 11.8. The van der Waals surface area contributed by atoms with Gasteiger partial charge in [0.1, 0.15) is 0 Å². The third kappa shape index (κ3) is 1.80. The van der Waals surface area contributed by atoms with Crippen LogP contribution < -0.4 is 5.43 Å². The van der Waals surface area contributed by atoms with Gasteiger partial charge in [0, 0.05) is 22.7 Å². The van der Waals surface area contributed by atoms with Crippen molar-refractivity contribution in [3.8, 4) is 0 Å². The second kappa shape index (κ2) is 3.54. The second-order valence-electron chi connectivity index (χ2n) is 4.29. The molecule has 1 heterocycles. The molecule has 0 aliphatic heterocycles. The SMILES string of the molecule is Cc1ccc2c(=O)cc(C(C)C)[nH]c2c1. The van der Waals surface area contributed by atoms with Gasteiger partial charge in [0.2, 0.25) is 0 Å². The standard InChI is InChI=1S/C13H15NO/c1-8(2)11-7-13(15)10-5-4-9(3)6-12(10)14-11/h4-8H,1-3H3,(H,14,15). The Kier molecular flexibility index (Phi) is 2.35. The van der Waals surface area contributed by atoms with Gasteiger partial charge in [0.25, 0.3) is 0 Å². The van der Waals surface area contributed by atoms with Crippen LogP contribution in [0.1, 0.15) is 31.0 Å². The summed E-state index contributed by atoms with van der Waals surface area (Å²) in [7, 11) is 0. The molecule has 2 heteroatoms. The van der Waals surface area contributed by atoms with Crippen LogP contribution in [0.3, 0.4) is 0 Å². The third-order valence-corrected chi connectivity index (χ3v) is 2.63. The van der Waals surface area contributed by atoms with Crippen LogP contribution in [0.2, 0.25) is 0 Å². The van der Waals surface area contributed by atoms with E-state index >= 15 is 0 Å². The number of nitrogens with one attached hydrogen (secondary N) is 1. The number of aromatic amines is 1. The van der Waals surface area contributed by atoms with Crippen LogP contribution in [-0.2, 0) is 0 Å². The fourth-order valence-electron chi connectivity index (χ4n) is 1.70. The number of hydrogen-bond donors (Lipinski definition) is 1. The number of fused-ring (bicyclic) bond motifs is 1. The predicted molar refractivity (Wildman–Crippen MR) is 63.4 cm³/mol. The monoisotopic (exact) mass is 201 g/mol. The number of H-pyrrole nitrogens is 1. The van der Waals surface area contributed by atoms with Crippen molar-refractivity contribution in [3.05, 3.63) is 45.7 Å². The lowest BCUT2D eigenvalue weighted by Crippen LogP contribution is -2.06. The van der Waals surface area contributed by atoms with E-state index in [0.29, 0.717) is 5.92 Å². The molecule has 1 aromatic carbocycles. The van der Waals surface area contributed by atoms with Crippen molar-refractivity contribution in [1.82, 2.24) is 4.98 Å². The lowest BCUT2D eigenvalue weighted by atomic mass is 10.1. The van der Waals surface area contributed by atoms with E-state index in [-0.39, 0.29) is 5.43 Å². The van der Waals surface area contributed by atoms with Gasteiger partial charge in [-0.25, -0.2) is 0 Å². The fourth-order valence-corrected chi connectivity index (χ4v) is 1.70. The highest BCUT2D eigenvalue weighted by molar-refractivity contribution is 5.79. The summed E-state index contributed by atoms with van der Waals surface area (Å²) in [6.07, 6.45) is 0. The van der Waals surface area contributed by atoms with E-state index in [1.54, 1.807) is 6.07 Å². The Balaban J connectivity index is 2.80. The Bertz CT molecular complexity index is 552. The quantitative estimate of drug-likeness (QED) is 0.756. The predicted octanol–water partition coefficient (Wildman–Crippen LogP) is 2.96. The van der Waals surface area contributed by atoms with Crippen LogP contribution in [-0.4, -0.2) is 4.98 Å². The van der Waals surface area contributed by atoms with E-state index in [2.05, 4.69) is 18.8 Å². The lowest BCUT2D eigenvalue weighted by Gasteiger charge is -2.07. The zero-order valence-corrected chi connectivity index (χ0v) is 9.29. The molecule has 0 aliphatic rings. The van der Waals surface area contributed by atoms with Gasteiger partial charge in [-0.1, -0.05) is 19.9 Å². The van der Waals surface area contributed by atoms with Crippen molar-refractivity contribution in [3.63, 3.8) is 0 Å². The molecule has 0 aliphatic carbocycles. The first-order valence-corrected chi connectivity index (χ1v) is 5.21. The number of hydrogen-bond acceptors (Lipinski definition) is 1. The van der Waals surface area contributed by atoms with Gasteiger partial charge in [0.15, 0.2) is 5.43 Å². The fraction of sp³-hybridized carbons (Fsp3) is 0.308. The van der Waals surface area contributed by atoms with E-state index in [0.717, 1.165) is 16.6 Å². The summed E-state index contributed by atoms with van der Waals surface area (Å²) in [6.45, 7) is 6.18. The molecule has 15 heavy (non-hydrogen) atoms. The molecule has 1 N–H and O–H groups in total. The Labute approximate surface area is 89.0 Å². The Hall–Kier alpha value is -1.57. The smallest absolute Gasteiger partial charge is 0.189 e. The first kappa shape index (κ1) is 9.97. The summed E-state index contributed by atoms with van der Waals surface area (Å²) in [5.74, 6) is 0.350. The van der Waals surface area contributed by atoms with Gasteiger partial charge in [-0.3, -0.25) is 4.79 Å².